The van der Waals surface area contributed by atoms with Crippen LogP contribution in [-0.4, -0.2) is 24.5 Å². The summed E-state index contributed by atoms with van der Waals surface area (Å²) in [6.07, 6.45) is 34.5. The Bertz CT molecular complexity index is 419. The molecule has 0 aliphatic rings. The summed E-state index contributed by atoms with van der Waals surface area (Å²) in [7, 11) is 0. The summed E-state index contributed by atoms with van der Waals surface area (Å²) >= 11 is 0. The van der Waals surface area contributed by atoms with Crippen LogP contribution in [0, 0.1) is 17.8 Å². The van der Waals surface area contributed by atoms with Crippen molar-refractivity contribution in [2.45, 2.75) is 196 Å². The van der Waals surface area contributed by atoms with Gasteiger partial charge < -0.3 is 4.90 Å². The molecule has 0 fully saturated rings. The molecule has 0 heterocycles. The van der Waals surface area contributed by atoms with Crippen LogP contribution < -0.4 is 0 Å². The predicted octanol–water partition coefficient (Wildman–Crippen LogP) is 12.6. The fourth-order valence-corrected chi connectivity index (χ4v) is 6.12. The fraction of sp³-hybridized carbons (Fsp3) is 1.00. The topological polar surface area (TPSA) is 3.24 Å². The standard InChI is InChI=1S/C36H75N/c1-7-11-15-18-21-25-34(5)26-22-19-17-20-23-27-35(6)33-37(31-14-10-4)32-30-36(28-13-9-3)29-24-16-12-8-2/h34-36H,7-33H2,1-6H3. The average Bonchev–Trinajstić information content (AvgIpc) is 2.89. The number of nitrogens with zero attached hydrogens (tertiary/aromatic N) is 1. The summed E-state index contributed by atoms with van der Waals surface area (Å²) in [5.41, 5.74) is 0. The van der Waals surface area contributed by atoms with E-state index in [-0.39, 0.29) is 0 Å². The van der Waals surface area contributed by atoms with E-state index in [1.165, 1.54) is 174 Å². The first-order valence-corrected chi connectivity index (χ1v) is 17.8. The van der Waals surface area contributed by atoms with E-state index in [1.807, 2.05) is 0 Å². The molecule has 1 nitrogen and oxygen atoms in total. The lowest BCUT2D eigenvalue weighted by atomic mass is 9.92. The van der Waals surface area contributed by atoms with Crippen LogP contribution in [0.15, 0.2) is 0 Å². The zero-order chi connectivity index (χ0) is 27.4. The van der Waals surface area contributed by atoms with Gasteiger partial charge in [0.15, 0.2) is 0 Å². The van der Waals surface area contributed by atoms with Crippen molar-refractivity contribution in [3.8, 4) is 0 Å². The predicted molar refractivity (Wildman–Crippen MR) is 172 cm³/mol. The Morgan fingerprint density at radius 3 is 1.38 bits per heavy atom. The van der Waals surface area contributed by atoms with Crippen LogP contribution in [0.25, 0.3) is 0 Å². The van der Waals surface area contributed by atoms with Crippen LogP contribution in [0.4, 0.5) is 0 Å². The van der Waals surface area contributed by atoms with Crippen molar-refractivity contribution in [2.75, 3.05) is 19.6 Å². The molecule has 0 aromatic rings. The molecule has 0 amide bonds. The van der Waals surface area contributed by atoms with Crippen LogP contribution in [0.5, 0.6) is 0 Å². The van der Waals surface area contributed by atoms with Crippen molar-refractivity contribution < 1.29 is 0 Å². The molecule has 0 rings (SSSR count). The molecule has 0 radical (unpaired) electrons. The maximum absolute atomic E-state index is 2.85. The van der Waals surface area contributed by atoms with Crippen molar-refractivity contribution in [2.24, 2.45) is 17.8 Å². The first-order valence-electron chi connectivity index (χ1n) is 17.8. The lowest BCUT2D eigenvalue weighted by Gasteiger charge is -2.28. The van der Waals surface area contributed by atoms with Gasteiger partial charge in [-0.2, -0.15) is 0 Å². The SMILES string of the molecule is CCCCCCCC(C)CCCCCCCC(C)CN(CCCC)CCC(CCCC)CCCCCC. The van der Waals surface area contributed by atoms with Crippen LogP contribution in [0.2, 0.25) is 0 Å². The smallest absolute Gasteiger partial charge is 0.000702 e. The number of rotatable bonds is 30. The Balaban J connectivity index is 4.07. The fourth-order valence-electron chi connectivity index (χ4n) is 6.12. The first kappa shape index (κ1) is 37.0. The Labute approximate surface area is 237 Å². The second-order valence-electron chi connectivity index (χ2n) is 13.1. The second kappa shape index (κ2) is 29.0. The van der Waals surface area contributed by atoms with Gasteiger partial charge in [-0.15, -0.1) is 0 Å². The first-order chi connectivity index (χ1) is 18.1. The summed E-state index contributed by atoms with van der Waals surface area (Å²) < 4.78 is 0. The molecule has 1 heteroatoms. The summed E-state index contributed by atoms with van der Waals surface area (Å²) in [6.45, 7) is 18.4. The lowest BCUT2D eigenvalue weighted by molar-refractivity contribution is 0.205. The molecule has 0 aromatic heterocycles. The van der Waals surface area contributed by atoms with E-state index in [9.17, 15) is 0 Å². The van der Waals surface area contributed by atoms with Gasteiger partial charge in [0.25, 0.3) is 0 Å². The van der Waals surface area contributed by atoms with Crippen molar-refractivity contribution in [1.29, 1.82) is 0 Å². The lowest BCUT2D eigenvalue weighted by Crippen LogP contribution is -2.31. The molecular formula is C36H75N. The van der Waals surface area contributed by atoms with Crippen molar-refractivity contribution in [3.05, 3.63) is 0 Å². The van der Waals surface area contributed by atoms with E-state index < -0.39 is 0 Å². The molecule has 0 aliphatic heterocycles. The molecule has 37 heavy (non-hydrogen) atoms. The molecule has 0 N–H and O–H groups in total. The largest absolute Gasteiger partial charge is 0.303 e. The maximum Gasteiger partial charge on any atom is 0.000702 e. The third kappa shape index (κ3) is 26.0. The Hall–Kier alpha value is -0.0400. The minimum Gasteiger partial charge on any atom is -0.303 e. The summed E-state index contributed by atoms with van der Waals surface area (Å²) in [6, 6.07) is 0. The van der Waals surface area contributed by atoms with Gasteiger partial charge in [-0.25, -0.2) is 0 Å². The van der Waals surface area contributed by atoms with Crippen molar-refractivity contribution in [3.63, 3.8) is 0 Å². The molecular weight excluding hydrogens is 446 g/mol. The van der Waals surface area contributed by atoms with Gasteiger partial charge in [0.05, 0.1) is 0 Å². The summed E-state index contributed by atoms with van der Waals surface area (Å²) in [5.74, 6) is 2.79. The van der Waals surface area contributed by atoms with Crippen molar-refractivity contribution >= 4 is 0 Å². The Morgan fingerprint density at radius 2 is 0.811 bits per heavy atom. The average molecular weight is 522 g/mol. The number of hydrogen-bond donors (Lipinski definition) is 0. The van der Waals surface area contributed by atoms with Gasteiger partial charge in [0.2, 0.25) is 0 Å². The van der Waals surface area contributed by atoms with Crippen molar-refractivity contribution in [1.82, 2.24) is 4.90 Å². The molecule has 0 aliphatic carbocycles. The molecule has 0 spiro atoms. The zero-order valence-electron chi connectivity index (χ0n) is 27.3. The Morgan fingerprint density at radius 1 is 0.378 bits per heavy atom. The number of unbranched alkanes of at least 4 members (excludes halogenated alkanes) is 13. The monoisotopic (exact) mass is 522 g/mol. The number of hydrogen-bond acceptors (Lipinski definition) is 1. The van der Waals surface area contributed by atoms with Crippen LogP contribution >= 0.6 is 0 Å². The Kier molecular flexibility index (Phi) is 28.9. The van der Waals surface area contributed by atoms with Gasteiger partial charge >= 0.3 is 0 Å². The minimum absolute atomic E-state index is 0.864. The molecule has 0 bridgehead atoms. The second-order valence-corrected chi connectivity index (χ2v) is 13.1. The third-order valence-electron chi connectivity index (χ3n) is 8.88. The highest BCUT2D eigenvalue weighted by Crippen LogP contribution is 2.23. The van der Waals surface area contributed by atoms with E-state index in [4.69, 9.17) is 0 Å². The van der Waals surface area contributed by atoms with Crippen LogP contribution in [0.1, 0.15) is 196 Å². The zero-order valence-corrected chi connectivity index (χ0v) is 27.3. The van der Waals surface area contributed by atoms with E-state index in [2.05, 4.69) is 46.4 Å². The molecule has 3 unspecified atom stereocenters. The normalized spacial score (nSPS) is 14.4. The summed E-state index contributed by atoms with van der Waals surface area (Å²) in [4.78, 5) is 2.85. The molecule has 3 atom stereocenters. The quantitative estimate of drug-likeness (QED) is 0.0849. The summed E-state index contributed by atoms with van der Waals surface area (Å²) in [5, 5.41) is 0. The highest BCUT2D eigenvalue weighted by Gasteiger charge is 2.14. The van der Waals surface area contributed by atoms with E-state index in [0.29, 0.717) is 0 Å². The van der Waals surface area contributed by atoms with Gasteiger partial charge in [-0.3, -0.25) is 0 Å². The van der Waals surface area contributed by atoms with E-state index >= 15 is 0 Å². The van der Waals surface area contributed by atoms with Gasteiger partial charge in [0.1, 0.15) is 0 Å². The van der Waals surface area contributed by atoms with Crippen LogP contribution in [-0.2, 0) is 0 Å². The maximum atomic E-state index is 2.85. The highest BCUT2D eigenvalue weighted by atomic mass is 15.1. The van der Waals surface area contributed by atoms with E-state index in [1.54, 1.807) is 0 Å². The van der Waals surface area contributed by atoms with Gasteiger partial charge in [-0.05, 0) is 50.1 Å². The molecule has 0 saturated carbocycles. The minimum atomic E-state index is 0.864. The molecule has 224 valence electrons. The molecule has 0 saturated heterocycles. The highest BCUT2D eigenvalue weighted by molar-refractivity contribution is 4.68. The third-order valence-corrected chi connectivity index (χ3v) is 8.88. The van der Waals surface area contributed by atoms with Crippen LogP contribution in [0.3, 0.4) is 0 Å². The van der Waals surface area contributed by atoms with Gasteiger partial charge in [-0.1, -0.05) is 176 Å². The van der Waals surface area contributed by atoms with E-state index in [0.717, 1.165) is 17.8 Å². The molecule has 0 aromatic carbocycles. The van der Waals surface area contributed by atoms with Gasteiger partial charge in [0, 0.05) is 6.54 Å².